The molecular formula is C15H23FN2O2. The highest BCUT2D eigenvalue weighted by molar-refractivity contribution is 5.30. The highest BCUT2D eigenvalue weighted by Gasteiger charge is 2.20. The van der Waals surface area contributed by atoms with E-state index in [1.807, 2.05) is 0 Å². The zero-order valence-electron chi connectivity index (χ0n) is 12.1. The van der Waals surface area contributed by atoms with E-state index in [-0.39, 0.29) is 18.0 Å². The molecule has 0 aromatic heterocycles. The van der Waals surface area contributed by atoms with Gasteiger partial charge in [-0.3, -0.25) is 4.90 Å². The van der Waals surface area contributed by atoms with Gasteiger partial charge in [0.2, 0.25) is 0 Å². The Morgan fingerprint density at radius 3 is 3.00 bits per heavy atom. The van der Waals surface area contributed by atoms with Gasteiger partial charge in [-0.1, -0.05) is 13.0 Å². The van der Waals surface area contributed by atoms with E-state index in [0.717, 1.165) is 26.2 Å². The van der Waals surface area contributed by atoms with Gasteiger partial charge in [0.25, 0.3) is 0 Å². The molecule has 1 unspecified atom stereocenters. The molecule has 1 heterocycles. The molecule has 2 N–H and O–H groups in total. The SMILES string of the molecule is CCN1CCOC(COc2ccc([C@H](C)N)c(F)c2)C1. The van der Waals surface area contributed by atoms with E-state index in [4.69, 9.17) is 15.2 Å². The Hall–Kier alpha value is -1.17. The minimum absolute atomic E-state index is 0.0415. The molecule has 20 heavy (non-hydrogen) atoms. The minimum Gasteiger partial charge on any atom is -0.491 e. The second-order valence-electron chi connectivity index (χ2n) is 5.17. The summed E-state index contributed by atoms with van der Waals surface area (Å²) in [5.74, 6) is 0.196. The van der Waals surface area contributed by atoms with Crippen LogP contribution in [0, 0.1) is 5.82 Å². The second-order valence-corrected chi connectivity index (χ2v) is 5.17. The van der Waals surface area contributed by atoms with Crippen LogP contribution in [0.1, 0.15) is 25.5 Å². The summed E-state index contributed by atoms with van der Waals surface area (Å²) in [5.41, 5.74) is 6.18. The molecule has 1 fully saturated rings. The van der Waals surface area contributed by atoms with Gasteiger partial charge >= 0.3 is 0 Å². The third-order valence-electron chi connectivity index (χ3n) is 3.57. The van der Waals surface area contributed by atoms with Crippen LogP contribution in [-0.2, 0) is 4.74 Å². The van der Waals surface area contributed by atoms with Crippen molar-refractivity contribution in [3.05, 3.63) is 29.6 Å². The highest BCUT2D eigenvalue weighted by Crippen LogP contribution is 2.21. The van der Waals surface area contributed by atoms with Crippen LogP contribution in [0.5, 0.6) is 5.75 Å². The summed E-state index contributed by atoms with van der Waals surface area (Å²) >= 11 is 0. The Morgan fingerprint density at radius 1 is 1.55 bits per heavy atom. The van der Waals surface area contributed by atoms with Crippen molar-refractivity contribution in [3.63, 3.8) is 0 Å². The number of rotatable bonds is 5. The van der Waals surface area contributed by atoms with Crippen molar-refractivity contribution in [3.8, 4) is 5.75 Å². The monoisotopic (exact) mass is 282 g/mol. The van der Waals surface area contributed by atoms with Crippen molar-refractivity contribution in [1.29, 1.82) is 0 Å². The Morgan fingerprint density at radius 2 is 2.35 bits per heavy atom. The molecule has 1 saturated heterocycles. The molecule has 1 aliphatic heterocycles. The van der Waals surface area contributed by atoms with Crippen molar-refractivity contribution in [2.24, 2.45) is 5.73 Å². The van der Waals surface area contributed by atoms with E-state index >= 15 is 0 Å². The highest BCUT2D eigenvalue weighted by atomic mass is 19.1. The molecular weight excluding hydrogens is 259 g/mol. The molecule has 1 aromatic rings. The second kappa shape index (κ2) is 7.02. The van der Waals surface area contributed by atoms with E-state index in [9.17, 15) is 4.39 Å². The summed E-state index contributed by atoms with van der Waals surface area (Å²) < 4.78 is 25.0. The van der Waals surface area contributed by atoms with E-state index in [1.54, 1.807) is 19.1 Å². The standard InChI is InChI=1S/C15H23FN2O2/c1-3-18-6-7-19-13(9-18)10-20-12-4-5-14(11(2)17)15(16)8-12/h4-5,8,11,13H,3,6-7,9-10,17H2,1-2H3/t11-,13?/m0/s1. The minimum atomic E-state index is -0.322. The molecule has 0 radical (unpaired) electrons. The van der Waals surface area contributed by atoms with E-state index < -0.39 is 0 Å². The molecule has 0 bridgehead atoms. The molecule has 0 aliphatic carbocycles. The van der Waals surface area contributed by atoms with Gasteiger partial charge < -0.3 is 15.2 Å². The summed E-state index contributed by atoms with van der Waals surface area (Å²) in [4.78, 5) is 2.32. The maximum Gasteiger partial charge on any atom is 0.131 e. The Kier molecular flexibility index (Phi) is 5.34. The summed E-state index contributed by atoms with van der Waals surface area (Å²) in [5, 5.41) is 0. The normalized spacial score (nSPS) is 21.7. The summed E-state index contributed by atoms with van der Waals surface area (Å²) in [6, 6.07) is 4.50. The molecule has 2 atom stereocenters. The van der Waals surface area contributed by atoms with Gasteiger partial charge in [-0.15, -0.1) is 0 Å². The first-order chi connectivity index (χ1) is 9.60. The van der Waals surface area contributed by atoms with Gasteiger partial charge in [0.05, 0.1) is 6.61 Å². The zero-order chi connectivity index (χ0) is 14.5. The Balaban J connectivity index is 1.89. The molecule has 112 valence electrons. The number of nitrogens with two attached hydrogens (primary N) is 1. The van der Waals surface area contributed by atoms with Crippen molar-refractivity contribution in [2.45, 2.75) is 26.0 Å². The van der Waals surface area contributed by atoms with Crippen molar-refractivity contribution < 1.29 is 13.9 Å². The predicted octanol–water partition coefficient (Wildman–Crippen LogP) is 1.94. The molecule has 0 saturated carbocycles. The smallest absolute Gasteiger partial charge is 0.131 e. The van der Waals surface area contributed by atoms with Crippen LogP contribution in [-0.4, -0.2) is 43.9 Å². The average Bonchev–Trinajstić information content (AvgIpc) is 2.45. The average molecular weight is 282 g/mol. The number of benzene rings is 1. The van der Waals surface area contributed by atoms with E-state index in [1.165, 1.54) is 6.07 Å². The van der Waals surface area contributed by atoms with E-state index in [0.29, 0.717) is 17.9 Å². The molecule has 0 spiro atoms. The summed E-state index contributed by atoms with van der Waals surface area (Å²) in [6.45, 7) is 7.88. The number of hydrogen-bond donors (Lipinski definition) is 1. The lowest BCUT2D eigenvalue weighted by atomic mass is 10.1. The van der Waals surface area contributed by atoms with Gasteiger partial charge in [-0.05, 0) is 19.5 Å². The Labute approximate surface area is 119 Å². The van der Waals surface area contributed by atoms with Crippen LogP contribution < -0.4 is 10.5 Å². The molecule has 0 amide bonds. The number of morpholine rings is 1. The third kappa shape index (κ3) is 3.91. The largest absolute Gasteiger partial charge is 0.491 e. The van der Waals surface area contributed by atoms with Gasteiger partial charge in [-0.2, -0.15) is 0 Å². The maximum absolute atomic E-state index is 13.8. The van der Waals surface area contributed by atoms with Crippen LogP contribution in [0.25, 0.3) is 0 Å². The van der Waals surface area contributed by atoms with Gasteiger partial charge in [-0.25, -0.2) is 4.39 Å². The van der Waals surface area contributed by atoms with Crippen LogP contribution in [0.4, 0.5) is 4.39 Å². The molecule has 1 aromatic carbocycles. The molecule has 2 rings (SSSR count). The number of nitrogens with zero attached hydrogens (tertiary/aromatic N) is 1. The number of halogens is 1. The van der Waals surface area contributed by atoms with Crippen LogP contribution >= 0.6 is 0 Å². The number of ether oxygens (including phenoxy) is 2. The van der Waals surface area contributed by atoms with Crippen LogP contribution in [0.15, 0.2) is 18.2 Å². The van der Waals surface area contributed by atoms with Crippen molar-refractivity contribution in [2.75, 3.05) is 32.8 Å². The maximum atomic E-state index is 13.8. The first-order valence-electron chi connectivity index (χ1n) is 7.12. The number of hydrogen-bond acceptors (Lipinski definition) is 4. The number of likely N-dealkylation sites (N-methyl/N-ethyl adjacent to an activating group) is 1. The van der Waals surface area contributed by atoms with Crippen LogP contribution in [0.3, 0.4) is 0 Å². The van der Waals surface area contributed by atoms with E-state index in [2.05, 4.69) is 11.8 Å². The first kappa shape index (κ1) is 15.2. The van der Waals surface area contributed by atoms with Gasteiger partial charge in [0.15, 0.2) is 0 Å². The third-order valence-corrected chi connectivity index (χ3v) is 3.57. The fourth-order valence-corrected chi connectivity index (χ4v) is 2.32. The topological polar surface area (TPSA) is 47.7 Å². The fraction of sp³-hybridized carbons (Fsp3) is 0.600. The lowest BCUT2D eigenvalue weighted by Crippen LogP contribution is -2.44. The lowest BCUT2D eigenvalue weighted by Gasteiger charge is -2.31. The predicted molar refractivity (Wildman–Crippen MR) is 76.4 cm³/mol. The lowest BCUT2D eigenvalue weighted by molar-refractivity contribution is -0.0464. The molecule has 1 aliphatic rings. The van der Waals surface area contributed by atoms with Gasteiger partial charge in [0, 0.05) is 30.8 Å². The molecule has 4 nitrogen and oxygen atoms in total. The molecule has 5 heteroatoms. The summed E-state index contributed by atoms with van der Waals surface area (Å²) in [6.07, 6.45) is 0.0415. The zero-order valence-corrected chi connectivity index (χ0v) is 12.1. The Bertz CT molecular complexity index is 440. The van der Waals surface area contributed by atoms with Gasteiger partial charge in [0.1, 0.15) is 24.3 Å². The fourth-order valence-electron chi connectivity index (χ4n) is 2.32. The van der Waals surface area contributed by atoms with Crippen molar-refractivity contribution in [1.82, 2.24) is 4.90 Å². The van der Waals surface area contributed by atoms with Crippen LogP contribution in [0.2, 0.25) is 0 Å². The quantitative estimate of drug-likeness (QED) is 0.896. The van der Waals surface area contributed by atoms with Crippen molar-refractivity contribution >= 4 is 0 Å². The first-order valence-corrected chi connectivity index (χ1v) is 7.12. The summed E-state index contributed by atoms with van der Waals surface area (Å²) in [7, 11) is 0.